The number of rotatable bonds is 12. The molecule has 0 aliphatic heterocycles. The van der Waals surface area contributed by atoms with Crippen molar-refractivity contribution in [2.75, 3.05) is 19.6 Å². The molecule has 4 nitrogen and oxygen atoms in total. The maximum atomic E-state index is 2.59. The molecule has 11 aromatic rings. The molecule has 1 fully saturated rings. The Labute approximate surface area is 415 Å². The summed E-state index contributed by atoms with van der Waals surface area (Å²) in [6, 6.07) is 96.6. The highest BCUT2D eigenvalue weighted by molar-refractivity contribution is 5.92. The van der Waals surface area contributed by atoms with Crippen LogP contribution in [0.5, 0.6) is 0 Å². The molecule has 0 spiro atoms. The number of nitrogens with zero attached hydrogens (tertiary/aromatic N) is 4. The average molecular weight is 911 g/mol. The largest absolute Gasteiger partial charge is 0.331 e. The van der Waals surface area contributed by atoms with Crippen LogP contribution in [0.4, 0.5) is 56.9 Å². The maximum Gasteiger partial charge on any atom is 0.0708 e. The lowest BCUT2D eigenvalue weighted by molar-refractivity contribution is 0.745. The first kappa shape index (κ1) is 42.0. The van der Waals surface area contributed by atoms with Crippen molar-refractivity contribution in [1.29, 1.82) is 0 Å². The van der Waals surface area contributed by atoms with Gasteiger partial charge in [-0.1, -0.05) is 158 Å². The van der Waals surface area contributed by atoms with Crippen LogP contribution in [0.1, 0.15) is 6.42 Å². The third-order valence-electron chi connectivity index (χ3n) is 14.4. The molecule has 1 saturated carbocycles. The molecular formula is C67H50N4. The first-order chi connectivity index (χ1) is 35.1. The molecule has 0 radical (unpaired) electrons. The van der Waals surface area contributed by atoms with Crippen LogP contribution in [0.15, 0.2) is 291 Å². The van der Waals surface area contributed by atoms with Gasteiger partial charge in [-0.05, 0) is 166 Å². The summed E-state index contributed by atoms with van der Waals surface area (Å²) in [6.07, 6.45) is 8.32. The van der Waals surface area contributed by atoms with Gasteiger partial charge in [-0.25, -0.2) is 0 Å². The normalized spacial score (nSPS) is 15.8. The van der Waals surface area contributed by atoms with Crippen LogP contribution in [-0.2, 0) is 0 Å². The summed E-state index contributed by atoms with van der Waals surface area (Å²) < 4.78 is 0. The molecule has 0 N–H and O–H groups in total. The van der Waals surface area contributed by atoms with Crippen molar-refractivity contribution < 1.29 is 0 Å². The smallest absolute Gasteiger partial charge is 0.0708 e. The first-order valence-corrected chi connectivity index (χ1v) is 24.6. The van der Waals surface area contributed by atoms with E-state index < -0.39 is 0 Å². The zero-order valence-electron chi connectivity index (χ0n) is 39.2. The molecule has 2 aliphatic carbocycles. The molecule has 2 atom stereocenters. The molecule has 0 amide bonds. The van der Waals surface area contributed by atoms with Gasteiger partial charge in [0.2, 0.25) is 0 Å². The first-order valence-electron chi connectivity index (χ1n) is 24.6. The number of para-hydroxylation sites is 3. The maximum absolute atomic E-state index is 2.59. The molecule has 0 aromatic heterocycles. The number of fused-ring (bicyclic) bond motifs is 4. The molecule has 11 aromatic carbocycles. The van der Waals surface area contributed by atoms with Crippen LogP contribution in [-0.4, -0.2) is 5.54 Å². The summed E-state index contributed by atoms with van der Waals surface area (Å²) in [5, 5.41) is 7.34. The van der Waals surface area contributed by atoms with E-state index in [1.54, 1.807) is 0 Å². The van der Waals surface area contributed by atoms with Crippen LogP contribution in [0.2, 0.25) is 0 Å². The van der Waals surface area contributed by atoms with Crippen LogP contribution in [0.3, 0.4) is 0 Å². The summed E-state index contributed by atoms with van der Waals surface area (Å²) in [5.74, 6) is 0.269. The Balaban J connectivity index is 0.908. The van der Waals surface area contributed by atoms with Gasteiger partial charge in [0.05, 0.1) is 5.54 Å². The lowest BCUT2D eigenvalue weighted by Gasteiger charge is -2.37. The van der Waals surface area contributed by atoms with E-state index in [1.165, 1.54) is 38.0 Å². The molecule has 2 aliphatic rings. The molecule has 4 heteroatoms. The number of hydrogen-bond donors (Lipinski definition) is 0. The molecule has 2 unspecified atom stereocenters. The van der Waals surface area contributed by atoms with E-state index >= 15 is 0 Å². The van der Waals surface area contributed by atoms with Crippen LogP contribution in [0.25, 0.3) is 32.3 Å². The van der Waals surface area contributed by atoms with Crippen molar-refractivity contribution in [2.24, 2.45) is 5.92 Å². The molecule has 13 rings (SSSR count). The number of hydrogen-bond acceptors (Lipinski definition) is 4. The number of anilines is 10. The second kappa shape index (κ2) is 17.8. The fourth-order valence-corrected chi connectivity index (χ4v) is 10.8. The summed E-state index contributed by atoms with van der Waals surface area (Å²) in [6.45, 7) is 0. The van der Waals surface area contributed by atoms with Crippen molar-refractivity contribution in [3.05, 3.63) is 291 Å². The van der Waals surface area contributed by atoms with Crippen molar-refractivity contribution in [3.63, 3.8) is 0 Å². The molecule has 0 saturated heterocycles. The Morgan fingerprint density at radius 3 is 0.986 bits per heavy atom. The van der Waals surface area contributed by atoms with Gasteiger partial charge in [-0.2, -0.15) is 0 Å². The highest BCUT2D eigenvalue weighted by atomic mass is 15.3. The molecule has 0 bridgehead atoms. The average Bonchev–Trinajstić information content (AvgIpc) is 4.17. The van der Waals surface area contributed by atoms with Gasteiger partial charge in [0, 0.05) is 68.5 Å². The van der Waals surface area contributed by atoms with Crippen molar-refractivity contribution in [2.45, 2.75) is 12.0 Å². The Hall–Kier alpha value is -9.12. The third kappa shape index (κ3) is 7.86. The summed E-state index contributed by atoms with van der Waals surface area (Å²) in [5.41, 5.74) is 12.1. The lowest BCUT2D eigenvalue weighted by Crippen LogP contribution is -2.35. The minimum Gasteiger partial charge on any atom is -0.331 e. The summed E-state index contributed by atoms with van der Waals surface area (Å²) >= 11 is 0. The van der Waals surface area contributed by atoms with Gasteiger partial charge in [-0.15, -0.1) is 0 Å². The van der Waals surface area contributed by atoms with Gasteiger partial charge in [0.1, 0.15) is 0 Å². The lowest BCUT2D eigenvalue weighted by atomic mass is 10.0. The van der Waals surface area contributed by atoms with Gasteiger partial charge in [0.25, 0.3) is 0 Å². The fourth-order valence-electron chi connectivity index (χ4n) is 10.8. The Morgan fingerprint density at radius 2 is 0.592 bits per heavy atom. The van der Waals surface area contributed by atoms with Crippen molar-refractivity contribution >= 4 is 89.2 Å². The highest BCUT2D eigenvalue weighted by Crippen LogP contribution is 2.58. The number of benzene rings is 11. The van der Waals surface area contributed by atoms with Crippen LogP contribution >= 0.6 is 0 Å². The fraction of sp³-hybridized carbons (Fsp3) is 0.0448. The molecule has 71 heavy (non-hydrogen) atoms. The standard InChI is InChI=1S/C67H50N4/c1-4-22-56(23-5-1)68(63-31-28-49-16-10-13-19-52(49)44-63)59-34-38-61(39-35-59)71(62-40-36-60(37-41-62)69(57-24-6-2-7-25-57)64-32-29-50-17-11-14-20-53(50)45-64)67-43-42-66(47-55(67)48-67)70(58-26-8-3-9-27-58)65-33-30-51-18-12-15-21-54(51)46-65/h1-47,55H,48H2. The second-order valence-corrected chi connectivity index (χ2v) is 18.7. The predicted octanol–water partition coefficient (Wildman–Crippen LogP) is 18.3. The second-order valence-electron chi connectivity index (χ2n) is 18.7. The topological polar surface area (TPSA) is 13.0 Å². The van der Waals surface area contributed by atoms with Crippen molar-refractivity contribution in [1.82, 2.24) is 0 Å². The zero-order valence-corrected chi connectivity index (χ0v) is 39.2. The summed E-state index contributed by atoms with van der Waals surface area (Å²) in [4.78, 5) is 9.72. The van der Waals surface area contributed by atoms with E-state index in [0.29, 0.717) is 0 Å². The highest BCUT2D eigenvalue weighted by Gasteiger charge is 2.57. The predicted molar refractivity (Wildman–Crippen MR) is 300 cm³/mol. The Morgan fingerprint density at radius 1 is 0.282 bits per heavy atom. The minimum absolute atomic E-state index is 0.269. The van der Waals surface area contributed by atoms with Crippen LogP contribution in [0, 0.1) is 5.92 Å². The number of allylic oxidation sites excluding steroid dienone is 1. The van der Waals surface area contributed by atoms with Gasteiger partial charge >= 0.3 is 0 Å². The van der Waals surface area contributed by atoms with Crippen LogP contribution < -0.4 is 19.6 Å². The van der Waals surface area contributed by atoms with E-state index in [4.69, 9.17) is 0 Å². The van der Waals surface area contributed by atoms with E-state index in [0.717, 1.165) is 63.3 Å². The molecular weight excluding hydrogens is 861 g/mol. The monoisotopic (exact) mass is 910 g/mol. The summed E-state index contributed by atoms with van der Waals surface area (Å²) in [7, 11) is 0. The zero-order chi connectivity index (χ0) is 47.1. The minimum atomic E-state index is -0.271. The van der Waals surface area contributed by atoms with Crippen molar-refractivity contribution in [3.8, 4) is 0 Å². The van der Waals surface area contributed by atoms with Gasteiger partial charge in [-0.3, -0.25) is 0 Å². The third-order valence-corrected chi connectivity index (χ3v) is 14.4. The van der Waals surface area contributed by atoms with E-state index in [9.17, 15) is 0 Å². The quantitative estimate of drug-likeness (QED) is 0.121. The van der Waals surface area contributed by atoms with E-state index in [1.807, 2.05) is 0 Å². The Kier molecular flexibility index (Phi) is 10.5. The van der Waals surface area contributed by atoms with E-state index in [2.05, 4.69) is 305 Å². The van der Waals surface area contributed by atoms with Gasteiger partial charge in [0.15, 0.2) is 0 Å². The Bertz CT molecular complexity index is 3590. The molecule has 338 valence electrons. The van der Waals surface area contributed by atoms with Gasteiger partial charge < -0.3 is 19.6 Å². The molecule has 0 heterocycles. The SMILES string of the molecule is C1=CC2(N(c3ccc(N(c4ccccc4)c4ccc5ccccc5c4)cc3)c3ccc(N(c4ccccc4)c4ccc5ccccc5c4)cc3)CC2C=C1N(c1ccccc1)c1ccc2ccccc2c1. The van der Waals surface area contributed by atoms with E-state index in [-0.39, 0.29) is 11.5 Å².